The van der Waals surface area contributed by atoms with Gasteiger partial charge in [0.05, 0.1) is 48.2 Å². The molecule has 1 atom stereocenters. The van der Waals surface area contributed by atoms with Crippen molar-refractivity contribution in [2.24, 2.45) is 4.99 Å². The molecule has 3 aromatic carbocycles. The summed E-state index contributed by atoms with van der Waals surface area (Å²) < 4.78 is 20.5. The van der Waals surface area contributed by atoms with Crippen molar-refractivity contribution in [2.45, 2.75) is 26.8 Å². The van der Waals surface area contributed by atoms with Crippen LogP contribution in [0.5, 0.6) is 11.5 Å². The molecule has 5 aromatic rings. The molecule has 1 N–H and O–H groups in total. The van der Waals surface area contributed by atoms with E-state index in [9.17, 15) is 19.5 Å². The fourth-order valence-electron chi connectivity index (χ4n) is 6.03. The molecule has 0 fully saturated rings. The zero-order chi connectivity index (χ0) is 34.1. The van der Waals surface area contributed by atoms with Gasteiger partial charge in [-0.3, -0.25) is 9.36 Å². The number of hydrogen-bond acceptors (Lipinski definition) is 8. The summed E-state index contributed by atoms with van der Waals surface area (Å²) in [6.45, 7) is 5.71. The first kappa shape index (κ1) is 32.3. The fraction of sp³-hybridized carbons (Fsp3) is 0.189. The number of benzene rings is 3. The van der Waals surface area contributed by atoms with Crippen molar-refractivity contribution >= 4 is 35.0 Å². The van der Waals surface area contributed by atoms with E-state index in [0.717, 1.165) is 17.0 Å². The summed E-state index contributed by atoms with van der Waals surface area (Å²) in [7, 11) is 3.07. The summed E-state index contributed by atoms with van der Waals surface area (Å²) in [5.74, 6) is -0.649. The predicted octanol–water partition coefficient (Wildman–Crippen LogP) is 5.06. The van der Waals surface area contributed by atoms with Gasteiger partial charge in [0.15, 0.2) is 16.3 Å². The van der Waals surface area contributed by atoms with Crippen LogP contribution in [0.15, 0.2) is 94.2 Å². The lowest BCUT2D eigenvalue weighted by atomic mass is 9.93. The monoisotopic (exact) mass is 663 g/mol. The SMILES string of the molecule is CCOC(=O)C1=C(c2ccccc2)N=c2s/c(=C\c3cc(C)n(-c4cccc(C(=O)O)c4)c3C)c(=O)n2[C@@H]1c1ccc(OC)c(OC)c1. The van der Waals surface area contributed by atoms with Gasteiger partial charge in [-0.1, -0.05) is 53.8 Å². The zero-order valence-corrected chi connectivity index (χ0v) is 27.8. The van der Waals surface area contributed by atoms with Crippen LogP contribution < -0.4 is 24.4 Å². The highest BCUT2D eigenvalue weighted by atomic mass is 32.1. The lowest BCUT2D eigenvalue weighted by Crippen LogP contribution is -2.40. The molecule has 2 aromatic heterocycles. The van der Waals surface area contributed by atoms with E-state index >= 15 is 0 Å². The summed E-state index contributed by atoms with van der Waals surface area (Å²) in [5, 5.41) is 9.53. The highest BCUT2D eigenvalue weighted by Gasteiger charge is 2.35. The molecule has 0 spiro atoms. The third-order valence-corrected chi connectivity index (χ3v) is 9.19. The van der Waals surface area contributed by atoms with Gasteiger partial charge < -0.3 is 23.9 Å². The smallest absolute Gasteiger partial charge is 0.338 e. The molecule has 0 amide bonds. The van der Waals surface area contributed by atoms with Crippen LogP contribution in [0.3, 0.4) is 0 Å². The lowest BCUT2D eigenvalue weighted by molar-refractivity contribution is -0.138. The normalized spacial score (nSPS) is 14.4. The van der Waals surface area contributed by atoms with Crippen LogP contribution in [0, 0.1) is 13.8 Å². The van der Waals surface area contributed by atoms with E-state index in [4.69, 9.17) is 19.2 Å². The summed E-state index contributed by atoms with van der Waals surface area (Å²) in [6.07, 6.45) is 1.81. The molecule has 6 rings (SSSR count). The molecule has 1 aliphatic rings. The van der Waals surface area contributed by atoms with Gasteiger partial charge in [0.25, 0.3) is 5.56 Å². The van der Waals surface area contributed by atoms with Gasteiger partial charge >= 0.3 is 11.9 Å². The van der Waals surface area contributed by atoms with Gasteiger partial charge in [0.1, 0.15) is 0 Å². The first-order valence-electron chi connectivity index (χ1n) is 15.2. The highest BCUT2D eigenvalue weighted by Crippen LogP contribution is 2.38. The molecule has 10 nitrogen and oxygen atoms in total. The number of rotatable bonds is 9. The number of methoxy groups -OCH3 is 2. The number of esters is 1. The number of carboxylic acids is 1. The molecule has 0 bridgehead atoms. The average Bonchev–Trinajstić information content (AvgIpc) is 3.56. The maximum atomic E-state index is 14.4. The molecule has 0 radical (unpaired) electrons. The van der Waals surface area contributed by atoms with Crippen molar-refractivity contribution in [3.05, 3.63) is 138 Å². The molecule has 0 saturated heterocycles. The van der Waals surface area contributed by atoms with E-state index in [1.165, 1.54) is 30.1 Å². The minimum Gasteiger partial charge on any atom is -0.493 e. The highest BCUT2D eigenvalue weighted by molar-refractivity contribution is 7.07. The number of thiazole rings is 1. The molecular formula is C37H33N3O7S. The van der Waals surface area contributed by atoms with E-state index in [0.29, 0.717) is 43.3 Å². The van der Waals surface area contributed by atoms with Gasteiger partial charge in [-0.05, 0) is 74.4 Å². The number of aromatic nitrogens is 2. The van der Waals surface area contributed by atoms with E-state index in [-0.39, 0.29) is 23.3 Å². The number of ether oxygens (including phenoxy) is 3. The van der Waals surface area contributed by atoms with E-state index in [1.54, 1.807) is 43.3 Å². The third-order valence-electron chi connectivity index (χ3n) is 8.21. The Morgan fingerprint density at radius 2 is 1.71 bits per heavy atom. The Hall–Kier alpha value is -5.68. The number of nitrogens with zero attached hydrogens (tertiary/aromatic N) is 3. The Kier molecular flexibility index (Phi) is 8.88. The average molecular weight is 664 g/mol. The van der Waals surface area contributed by atoms with Crippen LogP contribution in [0.25, 0.3) is 17.5 Å². The van der Waals surface area contributed by atoms with Gasteiger partial charge in [-0.25, -0.2) is 14.6 Å². The quantitative estimate of drug-likeness (QED) is 0.219. The second kappa shape index (κ2) is 13.2. The van der Waals surface area contributed by atoms with Crippen molar-refractivity contribution in [1.29, 1.82) is 0 Å². The zero-order valence-electron chi connectivity index (χ0n) is 27.0. The Bertz CT molecular complexity index is 2280. The van der Waals surface area contributed by atoms with Gasteiger partial charge in [-0.2, -0.15) is 0 Å². The van der Waals surface area contributed by atoms with Crippen LogP contribution in [0.2, 0.25) is 0 Å². The number of carboxylic acid groups (broad SMARTS) is 1. The molecule has 0 saturated carbocycles. The van der Waals surface area contributed by atoms with Gasteiger partial charge in [-0.15, -0.1) is 0 Å². The van der Waals surface area contributed by atoms with Crippen molar-refractivity contribution in [3.63, 3.8) is 0 Å². The molecule has 244 valence electrons. The Morgan fingerprint density at radius 3 is 2.40 bits per heavy atom. The topological polar surface area (TPSA) is 121 Å². The summed E-state index contributed by atoms with van der Waals surface area (Å²) in [5.41, 5.74) is 4.99. The van der Waals surface area contributed by atoms with Crippen LogP contribution in [0.4, 0.5) is 0 Å². The molecule has 48 heavy (non-hydrogen) atoms. The summed E-state index contributed by atoms with van der Waals surface area (Å²) in [4.78, 5) is 45.2. The van der Waals surface area contributed by atoms with E-state index < -0.39 is 18.0 Å². The molecule has 0 aliphatic carbocycles. The predicted molar refractivity (Wildman–Crippen MR) is 183 cm³/mol. The second-order valence-electron chi connectivity index (χ2n) is 11.1. The molecular weight excluding hydrogens is 630 g/mol. The third kappa shape index (κ3) is 5.73. The van der Waals surface area contributed by atoms with Crippen LogP contribution in [-0.4, -0.2) is 47.0 Å². The Morgan fingerprint density at radius 1 is 0.958 bits per heavy atom. The van der Waals surface area contributed by atoms with Crippen LogP contribution in [-0.2, 0) is 9.53 Å². The number of hydrogen-bond donors (Lipinski definition) is 1. The number of carbonyl (C=O) groups excluding carboxylic acids is 1. The minimum atomic E-state index is -1.01. The van der Waals surface area contributed by atoms with Crippen molar-refractivity contribution < 1.29 is 28.9 Å². The number of aromatic carboxylic acids is 1. The number of fused-ring (bicyclic) bond motifs is 1. The second-order valence-corrected chi connectivity index (χ2v) is 12.1. The molecule has 11 heteroatoms. The van der Waals surface area contributed by atoms with E-state index in [1.807, 2.05) is 67.0 Å². The van der Waals surface area contributed by atoms with Gasteiger partial charge in [0.2, 0.25) is 0 Å². The maximum Gasteiger partial charge on any atom is 0.338 e. The lowest BCUT2D eigenvalue weighted by Gasteiger charge is -2.26. The van der Waals surface area contributed by atoms with Gasteiger partial charge in [0, 0.05) is 22.6 Å². The standard InChI is InChI=1S/C37H33N3O7S/c1-6-47-36(44)31-32(23-11-8-7-9-12-23)38-37-40(33(31)24-15-16-28(45-4)29(19-24)46-5)34(41)30(48-37)20-26-17-21(2)39(22(26)3)27-14-10-13-25(18-27)35(42)43/h7-20,33H,6H2,1-5H3,(H,42,43)/b30-20-/t33-/m1/s1. The summed E-state index contributed by atoms with van der Waals surface area (Å²) in [6, 6.07) is 22.4. The Balaban J connectivity index is 1.60. The maximum absolute atomic E-state index is 14.4. The Labute approximate surface area is 280 Å². The number of aryl methyl sites for hydroxylation is 1. The summed E-state index contributed by atoms with van der Waals surface area (Å²) >= 11 is 1.22. The van der Waals surface area contributed by atoms with Crippen LogP contribution >= 0.6 is 11.3 Å². The van der Waals surface area contributed by atoms with Crippen LogP contribution in [0.1, 0.15) is 51.4 Å². The van der Waals surface area contributed by atoms with E-state index in [2.05, 4.69) is 0 Å². The minimum absolute atomic E-state index is 0.137. The first-order chi connectivity index (χ1) is 23.2. The fourth-order valence-corrected chi connectivity index (χ4v) is 7.02. The molecule has 0 unspecified atom stereocenters. The molecule has 1 aliphatic heterocycles. The largest absolute Gasteiger partial charge is 0.493 e. The molecule has 3 heterocycles. The number of carbonyl (C=O) groups is 2. The first-order valence-corrected chi connectivity index (χ1v) is 16.0. The van der Waals surface area contributed by atoms with Crippen molar-refractivity contribution in [1.82, 2.24) is 9.13 Å². The van der Waals surface area contributed by atoms with Crippen molar-refractivity contribution in [2.75, 3.05) is 20.8 Å². The van der Waals surface area contributed by atoms with Crippen molar-refractivity contribution in [3.8, 4) is 17.2 Å².